The summed E-state index contributed by atoms with van der Waals surface area (Å²) in [6.07, 6.45) is 13.2. The van der Waals surface area contributed by atoms with Gasteiger partial charge in [0.05, 0.1) is 12.0 Å². The number of ketones is 1. The number of hydrogen-bond acceptors (Lipinski definition) is 6. The molecule has 0 aromatic carbocycles. The van der Waals surface area contributed by atoms with E-state index in [4.69, 9.17) is 9.47 Å². The van der Waals surface area contributed by atoms with Crippen LogP contribution in [0, 0.1) is 23.7 Å². The van der Waals surface area contributed by atoms with Crippen molar-refractivity contribution in [2.24, 2.45) is 30.7 Å². The first-order valence-electron chi connectivity index (χ1n) is 12.0. The van der Waals surface area contributed by atoms with Gasteiger partial charge in [-0.15, -0.1) is 0 Å². The van der Waals surface area contributed by atoms with E-state index in [-0.39, 0.29) is 29.7 Å². The average Bonchev–Trinajstić information content (AvgIpc) is 3.18. The summed E-state index contributed by atoms with van der Waals surface area (Å²) in [5.41, 5.74) is 1.84. The van der Waals surface area contributed by atoms with Gasteiger partial charge in [0.25, 0.3) is 0 Å². The third-order valence-electron chi connectivity index (χ3n) is 6.93. The van der Waals surface area contributed by atoms with Crippen molar-refractivity contribution in [3.63, 3.8) is 0 Å². The molecule has 1 aromatic heterocycles. The molecule has 5 unspecified atom stereocenters. The molecule has 2 aliphatic rings. The summed E-state index contributed by atoms with van der Waals surface area (Å²) in [7, 11) is 1.85. The highest BCUT2D eigenvalue weighted by atomic mass is 16.5. The van der Waals surface area contributed by atoms with Crippen LogP contribution in [-0.2, 0) is 30.9 Å². The van der Waals surface area contributed by atoms with Gasteiger partial charge in [0.2, 0.25) is 0 Å². The summed E-state index contributed by atoms with van der Waals surface area (Å²) < 4.78 is 13.1. The van der Waals surface area contributed by atoms with Crippen LogP contribution in [0.2, 0.25) is 0 Å². The number of nitrogens with zero attached hydrogens (tertiary/aromatic N) is 2. The van der Waals surface area contributed by atoms with Crippen molar-refractivity contribution in [3.8, 4) is 0 Å². The van der Waals surface area contributed by atoms with Crippen LogP contribution in [0.5, 0.6) is 0 Å². The number of imidazole rings is 1. The summed E-state index contributed by atoms with van der Waals surface area (Å²) in [5.74, 6) is -0.0138. The first kappa shape index (κ1) is 25.7. The van der Waals surface area contributed by atoms with Crippen LogP contribution < -0.4 is 0 Å². The van der Waals surface area contributed by atoms with E-state index in [0.717, 1.165) is 12.8 Å². The van der Waals surface area contributed by atoms with Gasteiger partial charge < -0.3 is 14.0 Å². The van der Waals surface area contributed by atoms with E-state index in [1.54, 1.807) is 29.2 Å². The van der Waals surface area contributed by atoms with Gasteiger partial charge in [0.1, 0.15) is 6.10 Å². The molecule has 0 saturated carbocycles. The van der Waals surface area contributed by atoms with E-state index in [1.165, 1.54) is 24.6 Å². The maximum absolute atomic E-state index is 13.0. The lowest BCUT2D eigenvalue weighted by atomic mass is 9.64. The number of carbonyl (C=O) groups excluding carboxylic acids is 3. The molecule has 0 aliphatic heterocycles. The number of carbonyl (C=O) groups is 3. The van der Waals surface area contributed by atoms with E-state index in [2.05, 4.69) is 31.8 Å². The quantitative estimate of drug-likeness (QED) is 0.361. The molecule has 1 aromatic rings. The molecule has 0 amide bonds. The molecular weight excluding hydrogens is 432 g/mol. The summed E-state index contributed by atoms with van der Waals surface area (Å²) >= 11 is 0. The average molecular weight is 469 g/mol. The molecule has 3 rings (SSSR count). The molecule has 0 N–H and O–H groups in total. The maximum atomic E-state index is 13.0. The molecule has 184 valence electrons. The Kier molecular flexibility index (Phi) is 8.64. The highest BCUT2D eigenvalue weighted by molar-refractivity contribution is 5.96. The first-order valence-corrected chi connectivity index (χ1v) is 12.0. The van der Waals surface area contributed by atoms with Crippen LogP contribution in [0.25, 0.3) is 6.08 Å². The van der Waals surface area contributed by atoms with Crippen LogP contribution in [0.1, 0.15) is 59.1 Å². The molecule has 7 heteroatoms. The predicted octanol–water partition coefficient (Wildman–Crippen LogP) is 4.44. The van der Waals surface area contributed by atoms with Crippen molar-refractivity contribution < 1.29 is 23.9 Å². The summed E-state index contributed by atoms with van der Waals surface area (Å²) in [6, 6.07) is 0. The lowest BCUT2D eigenvalue weighted by Gasteiger charge is -2.42. The van der Waals surface area contributed by atoms with Crippen LogP contribution in [0.15, 0.2) is 42.4 Å². The van der Waals surface area contributed by atoms with Gasteiger partial charge in [0.15, 0.2) is 11.9 Å². The molecular formula is C27H36N2O5. The van der Waals surface area contributed by atoms with Gasteiger partial charge in [0, 0.05) is 32.7 Å². The van der Waals surface area contributed by atoms with E-state index in [9.17, 15) is 14.4 Å². The summed E-state index contributed by atoms with van der Waals surface area (Å²) in [5, 5.41) is 0. The van der Waals surface area contributed by atoms with Gasteiger partial charge in [-0.3, -0.25) is 9.59 Å². The lowest BCUT2D eigenvalue weighted by Crippen LogP contribution is -2.39. The highest BCUT2D eigenvalue weighted by Crippen LogP contribution is 2.44. The Labute approximate surface area is 201 Å². The monoisotopic (exact) mass is 468 g/mol. The standard InChI is InChI=1S/C27H36N2O5/c1-17(2)22-11-9-18(3)23-14-26(34-27(32)12-10-20-15-29(5)16-28-20)25(31)8-6-7-21(13-24(22)23)33-19(4)30/h6,8-10,12,15-17,21-24,26H,7,11,13-14H2,1-5H3/b8-6-,12-10+. The van der Waals surface area contributed by atoms with Crippen molar-refractivity contribution in [1.82, 2.24) is 9.55 Å². The van der Waals surface area contributed by atoms with E-state index in [0.29, 0.717) is 30.4 Å². The first-order chi connectivity index (χ1) is 16.1. The normalized spacial score (nSPS) is 28.8. The van der Waals surface area contributed by atoms with Crippen molar-refractivity contribution in [2.45, 2.75) is 65.6 Å². The second kappa shape index (κ2) is 11.4. The fourth-order valence-corrected chi connectivity index (χ4v) is 5.23. The summed E-state index contributed by atoms with van der Waals surface area (Å²) in [4.78, 5) is 41.5. The molecule has 0 radical (unpaired) electrons. The van der Waals surface area contributed by atoms with E-state index < -0.39 is 12.1 Å². The van der Waals surface area contributed by atoms with Crippen LogP contribution in [0.4, 0.5) is 0 Å². The number of aromatic nitrogens is 2. The van der Waals surface area contributed by atoms with Gasteiger partial charge in [-0.25, -0.2) is 9.78 Å². The molecule has 0 saturated heterocycles. The Bertz CT molecular complexity index is 987. The molecule has 5 atom stereocenters. The molecule has 7 nitrogen and oxygen atoms in total. The third-order valence-corrected chi connectivity index (χ3v) is 6.93. The van der Waals surface area contributed by atoms with Crippen LogP contribution in [-0.4, -0.2) is 39.5 Å². The Morgan fingerprint density at radius 2 is 1.97 bits per heavy atom. The second-order valence-corrected chi connectivity index (χ2v) is 9.83. The fourth-order valence-electron chi connectivity index (χ4n) is 5.23. The summed E-state index contributed by atoms with van der Waals surface area (Å²) in [6.45, 7) is 7.92. The number of hydrogen-bond donors (Lipinski definition) is 0. The predicted molar refractivity (Wildman–Crippen MR) is 129 cm³/mol. The number of allylic oxidation sites excluding steroid dienone is 2. The number of aryl methyl sites for hydroxylation is 1. The molecule has 0 spiro atoms. The minimum absolute atomic E-state index is 0.0622. The Balaban J connectivity index is 1.86. The van der Waals surface area contributed by atoms with Gasteiger partial charge in [-0.2, -0.15) is 0 Å². The van der Waals surface area contributed by atoms with Crippen molar-refractivity contribution in [1.29, 1.82) is 0 Å². The largest absolute Gasteiger partial charge is 0.462 e. The van der Waals surface area contributed by atoms with Crippen molar-refractivity contribution in [2.75, 3.05) is 0 Å². The number of fused-ring (bicyclic) bond motifs is 1. The SMILES string of the molecule is CC(=O)OC1C/C=C\C(=O)C(OC(=O)/C=C/c2cn(C)cn2)CC2C(C)=CCC(C(C)C)C2C1. The molecule has 2 aliphatic carbocycles. The zero-order chi connectivity index (χ0) is 24.8. The minimum atomic E-state index is -0.871. The van der Waals surface area contributed by atoms with E-state index in [1.807, 2.05) is 7.05 Å². The molecule has 0 bridgehead atoms. The lowest BCUT2D eigenvalue weighted by molar-refractivity contribution is -0.151. The Hall–Kier alpha value is -2.96. The number of rotatable bonds is 5. The minimum Gasteiger partial charge on any atom is -0.462 e. The number of ether oxygens (including phenoxy) is 2. The van der Waals surface area contributed by atoms with Gasteiger partial charge >= 0.3 is 11.9 Å². The number of esters is 2. The highest BCUT2D eigenvalue weighted by Gasteiger charge is 2.40. The zero-order valence-corrected chi connectivity index (χ0v) is 20.8. The maximum Gasteiger partial charge on any atom is 0.331 e. The molecule has 1 heterocycles. The van der Waals surface area contributed by atoms with Crippen molar-refractivity contribution >= 4 is 23.8 Å². The Morgan fingerprint density at radius 3 is 2.62 bits per heavy atom. The van der Waals surface area contributed by atoms with Crippen molar-refractivity contribution in [3.05, 3.63) is 48.1 Å². The van der Waals surface area contributed by atoms with E-state index >= 15 is 0 Å². The smallest absolute Gasteiger partial charge is 0.331 e. The van der Waals surface area contributed by atoms with Gasteiger partial charge in [-0.1, -0.05) is 31.6 Å². The Morgan fingerprint density at radius 1 is 1.21 bits per heavy atom. The zero-order valence-electron chi connectivity index (χ0n) is 20.8. The topological polar surface area (TPSA) is 87.5 Å². The fraction of sp³-hybridized carbons (Fsp3) is 0.556. The molecule has 34 heavy (non-hydrogen) atoms. The van der Waals surface area contributed by atoms with Crippen LogP contribution in [0.3, 0.4) is 0 Å². The third kappa shape index (κ3) is 6.78. The molecule has 0 fully saturated rings. The van der Waals surface area contributed by atoms with Gasteiger partial charge in [-0.05, 0) is 62.0 Å². The van der Waals surface area contributed by atoms with Crippen LogP contribution >= 0.6 is 0 Å². The second-order valence-electron chi connectivity index (χ2n) is 9.83.